The topological polar surface area (TPSA) is 37.8 Å². The second-order valence-electron chi connectivity index (χ2n) is 3.56. The number of aryl methyl sites for hydroxylation is 1. The van der Waals surface area contributed by atoms with Gasteiger partial charge in [0, 0.05) is 29.2 Å². The van der Waals surface area contributed by atoms with Crippen LogP contribution in [0.25, 0.3) is 0 Å². The standard InChI is InChI=1S/C11H15N3S2/c1-3-10(11-12-4-5-15-11)14-7-9-6-13-8(2)16-9/h4-6,10,14H,3,7H2,1-2H3. The van der Waals surface area contributed by atoms with Gasteiger partial charge in [-0.1, -0.05) is 6.92 Å². The molecule has 0 spiro atoms. The fourth-order valence-corrected chi connectivity index (χ4v) is 3.07. The zero-order chi connectivity index (χ0) is 11.4. The zero-order valence-corrected chi connectivity index (χ0v) is 11.1. The number of hydrogen-bond donors (Lipinski definition) is 1. The monoisotopic (exact) mass is 253 g/mol. The summed E-state index contributed by atoms with van der Waals surface area (Å²) in [5.41, 5.74) is 0. The lowest BCUT2D eigenvalue weighted by Crippen LogP contribution is -2.19. The van der Waals surface area contributed by atoms with E-state index in [2.05, 4.69) is 22.2 Å². The molecule has 2 heterocycles. The highest BCUT2D eigenvalue weighted by molar-refractivity contribution is 7.11. The molecule has 2 rings (SSSR count). The molecule has 86 valence electrons. The van der Waals surface area contributed by atoms with Gasteiger partial charge in [0.25, 0.3) is 0 Å². The molecule has 0 aromatic carbocycles. The molecule has 1 unspecified atom stereocenters. The van der Waals surface area contributed by atoms with Crippen molar-refractivity contribution in [3.63, 3.8) is 0 Å². The molecule has 0 fully saturated rings. The van der Waals surface area contributed by atoms with Crippen molar-refractivity contribution in [3.05, 3.63) is 32.7 Å². The number of rotatable bonds is 5. The predicted molar refractivity (Wildman–Crippen MR) is 68.8 cm³/mol. The van der Waals surface area contributed by atoms with E-state index in [1.54, 1.807) is 22.7 Å². The molecule has 0 saturated heterocycles. The molecular weight excluding hydrogens is 238 g/mol. The lowest BCUT2D eigenvalue weighted by molar-refractivity contribution is 0.519. The molecule has 0 bridgehead atoms. The molecule has 1 N–H and O–H groups in total. The van der Waals surface area contributed by atoms with Crippen molar-refractivity contribution < 1.29 is 0 Å². The van der Waals surface area contributed by atoms with Crippen LogP contribution in [0.3, 0.4) is 0 Å². The van der Waals surface area contributed by atoms with Crippen LogP contribution in [0.4, 0.5) is 0 Å². The van der Waals surface area contributed by atoms with Crippen molar-refractivity contribution in [1.29, 1.82) is 0 Å². The number of hydrogen-bond acceptors (Lipinski definition) is 5. The van der Waals surface area contributed by atoms with E-state index >= 15 is 0 Å². The van der Waals surface area contributed by atoms with Gasteiger partial charge in [-0.3, -0.25) is 0 Å². The van der Waals surface area contributed by atoms with Gasteiger partial charge in [-0.2, -0.15) is 0 Å². The van der Waals surface area contributed by atoms with Gasteiger partial charge in [-0.15, -0.1) is 22.7 Å². The fraction of sp³-hybridized carbons (Fsp3) is 0.455. The number of aromatic nitrogens is 2. The molecule has 0 amide bonds. The Morgan fingerprint density at radius 3 is 2.88 bits per heavy atom. The fourth-order valence-electron chi connectivity index (χ4n) is 1.52. The quantitative estimate of drug-likeness (QED) is 0.889. The summed E-state index contributed by atoms with van der Waals surface area (Å²) in [4.78, 5) is 9.88. The van der Waals surface area contributed by atoms with Gasteiger partial charge >= 0.3 is 0 Å². The Bertz CT molecular complexity index is 422. The normalized spacial score (nSPS) is 12.9. The molecule has 0 aliphatic heterocycles. The van der Waals surface area contributed by atoms with Crippen molar-refractivity contribution in [2.75, 3.05) is 0 Å². The third-order valence-corrected chi connectivity index (χ3v) is 4.15. The Labute approximate surface area is 104 Å². The van der Waals surface area contributed by atoms with Crippen LogP contribution in [0.2, 0.25) is 0 Å². The third kappa shape index (κ3) is 2.87. The van der Waals surface area contributed by atoms with Gasteiger partial charge < -0.3 is 5.32 Å². The largest absolute Gasteiger partial charge is 0.303 e. The summed E-state index contributed by atoms with van der Waals surface area (Å²) in [7, 11) is 0. The van der Waals surface area contributed by atoms with Gasteiger partial charge in [-0.25, -0.2) is 9.97 Å². The van der Waals surface area contributed by atoms with E-state index in [4.69, 9.17) is 0 Å². The second kappa shape index (κ2) is 5.52. The maximum atomic E-state index is 4.35. The molecule has 0 aliphatic rings. The highest BCUT2D eigenvalue weighted by Crippen LogP contribution is 2.20. The van der Waals surface area contributed by atoms with E-state index in [1.165, 1.54) is 9.88 Å². The smallest absolute Gasteiger partial charge is 0.109 e. The summed E-state index contributed by atoms with van der Waals surface area (Å²) in [5.74, 6) is 0. The van der Waals surface area contributed by atoms with E-state index in [0.717, 1.165) is 18.0 Å². The van der Waals surface area contributed by atoms with Gasteiger partial charge in [0.15, 0.2) is 0 Å². The van der Waals surface area contributed by atoms with Crippen molar-refractivity contribution in [2.24, 2.45) is 0 Å². The summed E-state index contributed by atoms with van der Waals surface area (Å²) >= 11 is 3.46. The summed E-state index contributed by atoms with van der Waals surface area (Å²) in [6, 6.07) is 0.363. The van der Waals surface area contributed by atoms with Gasteiger partial charge in [0.1, 0.15) is 5.01 Å². The summed E-state index contributed by atoms with van der Waals surface area (Å²) < 4.78 is 0. The first-order valence-corrected chi connectivity index (χ1v) is 7.03. The highest BCUT2D eigenvalue weighted by Gasteiger charge is 2.11. The zero-order valence-electron chi connectivity index (χ0n) is 9.43. The van der Waals surface area contributed by atoms with E-state index < -0.39 is 0 Å². The first-order valence-electron chi connectivity index (χ1n) is 5.33. The Kier molecular flexibility index (Phi) is 4.04. The Morgan fingerprint density at radius 1 is 1.44 bits per heavy atom. The number of nitrogens with one attached hydrogen (secondary N) is 1. The minimum Gasteiger partial charge on any atom is -0.303 e. The predicted octanol–water partition coefficient (Wildman–Crippen LogP) is 3.15. The van der Waals surface area contributed by atoms with E-state index in [9.17, 15) is 0 Å². The molecule has 0 saturated carbocycles. The van der Waals surface area contributed by atoms with E-state index in [-0.39, 0.29) is 0 Å². The van der Waals surface area contributed by atoms with Crippen molar-refractivity contribution in [2.45, 2.75) is 32.9 Å². The maximum absolute atomic E-state index is 4.35. The first kappa shape index (κ1) is 11.7. The van der Waals surface area contributed by atoms with Crippen LogP contribution in [0, 0.1) is 6.92 Å². The van der Waals surface area contributed by atoms with Crippen LogP contribution >= 0.6 is 22.7 Å². The van der Waals surface area contributed by atoms with Crippen molar-refractivity contribution in [3.8, 4) is 0 Å². The van der Waals surface area contributed by atoms with Crippen LogP contribution < -0.4 is 5.32 Å². The Hall–Kier alpha value is -0.780. The van der Waals surface area contributed by atoms with E-state index in [1.807, 2.05) is 24.7 Å². The minimum atomic E-state index is 0.363. The Morgan fingerprint density at radius 2 is 2.31 bits per heavy atom. The third-order valence-electron chi connectivity index (χ3n) is 2.35. The lowest BCUT2D eigenvalue weighted by atomic mass is 10.2. The Balaban J connectivity index is 1.93. The molecule has 2 aromatic rings. The molecule has 3 nitrogen and oxygen atoms in total. The van der Waals surface area contributed by atoms with Crippen LogP contribution in [0.5, 0.6) is 0 Å². The average molecular weight is 253 g/mol. The maximum Gasteiger partial charge on any atom is 0.109 e. The second-order valence-corrected chi connectivity index (χ2v) is 5.80. The molecule has 0 radical (unpaired) electrons. The summed E-state index contributed by atoms with van der Waals surface area (Å²) in [5, 5.41) is 7.84. The van der Waals surface area contributed by atoms with Crippen LogP contribution in [-0.2, 0) is 6.54 Å². The molecule has 0 aliphatic carbocycles. The van der Waals surface area contributed by atoms with Crippen molar-refractivity contribution >= 4 is 22.7 Å². The van der Waals surface area contributed by atoms with Crippen LogP contribution in [0.1, 0.15) is 34.3 Å². The molecule has 5 heteroatoms. The summed E-state index contributed by atoms with van der Waals surface area (Å²) in [6.45, 7) is 5.09. The van der Waals surface area contributed by atoms with Gasteiger partial charge in [-0.05, 0) is 13.3 Å². The van der Waals surface area contributed by atoms with Gasteiger partial charge in [0.2, 0.25) is 0 Å². The SMILES string of the molecule is CCC(NCc1cnc(C)s1)c1nccs1. The molecule has 2 aromatic heterocycles. The summed E-state index contributed by atoms with van der Waals surface area (Å²) in [6.07, 6.45) is 4.87. The molecule has 16 heavy (non-hydrogen) atoms. The molecular formula is C11H15N3S2. The van der Waals surface area contributed by atoms with Crippen LogP contribution in [0.15, 0.2) is 17.8 Å². The van der Waals surface area contributed by atoms with Gasteiger partial charge in [0.05, 0.1) is 11.0 Å². The van der Waals surface area contributed by atoms with Crippen LogP contribution in [-0.4, -0.2) is 9.97 Å². The van der Waals surface area contributed by atoms with Crippen molar-refractivity contribution in [1.82, 2.24) is 15.3 Å². The average Bonchev–Trinajstić information content (AvgIpc) is 2.91. The highest BCUT2D eigenvalue weighted by atomic mass is 32.1. The molecule has 1 atom stereocenters. The van der Waals surface area contributed by atoms with E-state index in [0.29, 0.717) is 6.04 Å². The minimum absolute atomic E-state index is 0.363. The number of thiazole rings is 2. The lowest BCUT2D eigenvalue weighted by Gasteiger charge is -2.13. The number of nitrogens with zero attached hydrogens (tertiary/aromatic N) is 2. The first-order chi connectivity index (χ1) is 7.79.